The second kappa shape index (κ2) is 8.69. The second-order valence-corrected chi connectivity index (χ2v) is 6.95. The number of hydrazine groups is 1. The predicted octanol–water partition coefficient (Wildman–Crippen LogP) is 1.62. The van der Waals surface area contributed by atoms with Crippen LogP contribution in [-0.2, 0) is 14.8 Å². The highest BCUT2D eigenvalue weighted by atomic mass is 32.2. The van der Waals surface area contributed by atoms with Gasteiger partial charge in [-0.2, -0.15) is 0 Å². The number of halogens is 1. The molecule has 2 aromatic carbocycles. The third-order valence-electron chi connectivity index (χ3n) is 3.48. The largest absolute Gasteiger partial charge is 0.497 e. The van der Waals surface area contributed by atoms with Crippen molar-refractivity contribution in [3.63, 3.8) is 0 Å². The van der Waals surface area contributed by atoms with Gasteiger partial charge < -0.3 is 14.2 Å². The number of ether oxygens (including phenoxy) is 3. The Kier molecular flexibility index (Phi) is 6.59. The Labute approximate surface area is 156 Å². The SMILES string of the molecule is COc1ccc(OC)c(S(=O)(=O)NNC(=O)[C@@H](C)Oc2ccccc2F)c1. The molecule has 0 heterocycles. The molecular formula is C17H19FN2O6S. The molecule has 146 valence electrons. The molecule has 2 aromatic rings. The molecule has 10 heteroatoms. The molecule has 0 aliphatic carbocycles. The summed E-state index contributed by atoms with van der Waals surface area (Å²) in [6.07, 6.45) is -1.16. The summed E-state index contributed by atoms with van der Waals surface area (Å²) in [7, 11) is -1.47. The van der Waals surface area contributed by atoms with E-state index in [-0.39, 0.29) is 16.4 Å². The van der Waals surface area contributed by atoms with Crippen molar-refractivity contribution in [1.82, 2.24) is 10.3 Å². The Morgan fingerprint density at radius 1 is 1.07 bits per heavy atom. The number of nitrogens with one attached hydrogen (secondary N) is 2. The molecule has 0 aliphatic heterocycles. The van der Waals surface area contributed by atoms with Gasteiger partial charge in [-0.1, -0.05) is 12.1 Å². The van der Waals surface area contributed by atoms with Crippen molar-refractivity contribution in [3.8, 4) is 17.2 Å². The van der Waals surface area contributed by atoms with Crippen molar-refractivity contribution in [2.45, 2.75) is 17.9 Å². The van der Waals surface area contributed by atoms with Gasteiger partial charge in [0.15, 0.2) is 17.7 Å². The first-order valence-electron chi connectivity index (χ1n) is 7.73. The van der Waals surface area contributed by atoms with Gasteiger partial charge in [0.2, 0.25) is 0 Å². The molecule has 0 radical (unpaired) electrons. The number of benzene rings is 2. The average Bonchev–Trinajstić information content (AvgIpc) is 2.67. The minimum Gasteiger partial charge on any atom is -0.497 e. The third-order valence-corrected chi connectivity index (χ3v) is 4.75. The fraction of sp³-hybridized carbons (Fsp3) is 0.235. The van der Waals surface area contributed by atoms with E-state index in [0.717, 1.165) is 0 Å². The number of carbonyl (C=O) groups is 1. The number of hydrogen-bond donors (Lipinski definition) is 2. The topological polar surface area (TPSA) is 103 Å². The fourth-order valence-corrected chi connectivity index (χ4v) is 3.08. The summed E-state index contributed by atoms with van der Waals surface area (Å²) in [6.45, 7) is 1.35. The number of para-hydroxylation sites is 1. The van der Waals surface area contributed by atoms with E-state index in [4.69, 9.17) is 14.2 Å². The lowest BCUT2D eigenvalue weighted by atomic mass is 10.3. The molecule has 0 fully saturated rings. The second-order valence-electron chi connectivity index (χ2n) is 5.30. The highest BCUT2D eigenvalue weighted by Gasteiger charge is 2.23. The minimum atomic E-state index is -4.16. The first-order chi connectivity index (χ1) is 12.8. The zero-order chi connectivity index (χ0) is 20.0. The van der Waals surface area contributed by atoms with Crippen LogP contribution in [0.5, 0.6) is 17.2 Å². The van der Waals surface area contributed by atoms with E-state index in [9.17, 15) is 17.6 Å². The number of methoxy groups -OCH3 is 2. The van der Waals surface area contributed by atoms with E-state index in [1.54, 1.807) is 6.07 Å². The van der Waals surface area contributed by atoms with E-state index in [1.165, 1.54) is 57.5 Å². The quantitative estimate of drug-likeness (QED) is 0.655. The smallest absolute Gasteiger partial charge is 0.275 e. The lowest BCUT2D eigenvalue weighted by Crippen LogP contribution is -2.47. The van der Waals surface area contributed by atoms with Crippen LogP contribution in [0.15, 0.2) is 47.4 Å². The molecule has 1 amide bonds. The Morgan fingerprint density at radius 2 is 1.78 bits per heavy atom. The van der Waals surface area contributed by atoms with Gasteiger partial charge in [-0.25, -0.2) is 12.8 Å². The van der Waals surface area contributed by atoms with Crippen molar-refractivity contribution in [1.29, 1.82) is 0 Å². The van der Waals surface area contributed by atoms with E-state index in [1.807, 2.05) is 10.3 Å². The van der Waals surface area contributed by atoms with E-state index in [2.05, 4.69) is 0 Å². The molecule has 0 saturated carbocycles. The van der Waals surface area contributed by atoms with Crippen LogP contribution in [0, 0.1) is 5.82 Å². The molecule has 0 spiro atoms. The molecule has 8 nitrogen and oxygen atoms in total. The van der Waals surface area contributed by atoms with Gasteiger partial charge in [-0.3, -0.25) is 10.2 Å². The number of amides is 1. The fourth-order valence-electron chi connectivity index (χ4n) is 2.05. The van der Waals surface area contributed by atoms with Crippen LogP contribution in [0.25, 0.3) is 0 Å². The molecule has 0 aromatic heterocycles. The summed E-state index contributed by atoms with van der Waals surface area (Å²) < 4.78 is 53.7. The monoisotopic (exact) mass is 398 g/mol. The van der Waals surface area contributed by atoms with Gasteiger partial charge in [0.1, 0.15) is 16.4 Å². The molecule has 0 aliphatic rings. The maximum atomic E-state index is 13.6. The summed E-state index contributed by atoms with van der Waals surface area (Å²) in [5.41, 5.74) is 2.03. The molecule has 0 bridgehead atoms. The zero-order valence-electron chi connectivity index (χ0n) is 14.9. The summed E-state index contributed by atoms with van der Waals surface area (Å²) in [5.74, 6) is -1.23. The van der Waals surface area contributed by atoms with Crippen molar-refractivity contribution in [2.75, 3.05) is 14.2 Å². The number of carbonyl (C=O) groups excluding carboxylic acids is 1. The van der Waals surface area contributed by atoms with Crippen LogP contribution in [-0.4, -0.2) is 34.6 Å². The van der Waals surface area contributed by atoms with Crippen LogP contribution in [0.4, 0.5) is 4.39 Å². The van der Waals surface area contributed by atoms with E-state index >= 15 is 0 Å². The van der Waals surface area contributed by atoms with E-state index < -0.39 is 27.9 Å². The molecule has 0 saturated heterocycles. The van der Waals surface area contributed by atoms with Crippen molar-refractivity contribution in [3.05, 3.63) is 48.3 Å². The van der Waals surface area contributed by atoms with Crippen LogP contribution in [0.2, 0.25) is 0 Å². The number of sulfonamides is 1. The van der Waals surface area contributed by atoms with Gasteiger partial charge in [-0.15, -0.1) is 4.83 Å². The van der Waals surface area contributed by atoms with Gasteiger partial charge in [0.25, 0.3) is 15.9 Å². The van der Waals surface area contributed by atoms with Gasteiger partial charge in [-0.05, 0) is 31.2 Å². The van der Waals surface area contributed by atoms with Crippen molar-refractivity contribution >= 4 is 15.9 Å². The Hall–Kier alpha value is -2.85. The van der Waals surface area contributed by atoms with Crippen LogP contribution in [0.1, 0.15) is 6.92 Å². The highest BCUT2D eigenvalue weighted by Crippen LogP contribution is 2.27. The molecule has 0 unspecified atom stereocenters. The summed E-state index contributed by atoms with van der Waals surface area (Å²) in [4.78, 5) is 13.8. The average molecular weight is 398 g/mol. The lowest BCUT2D eigenvalue weighted by Gasteiger charge is -2.16. The Morgan fingerprint density at radius 3 is 2.41 bits per heavy atom. The van der Waals surface area contributed by atoms with Gasteiger partial charge >= 0.3 is 0 Å². The summed E-state index contributed by atoms with van der Waals surface area (Å²) >= 11 is 0. The van der Waals surface area contributed by atoms with Crippen LogP contribution < -0.4 is 24.5 Å². The lowest BCUT2D eigenvalue weighted by molar-refractivity contribution is -0.127. The maximum absolute atomic E-state index is 13.6. The van der Waals surface area contributed by atoms with E-state index in [0.29, 0.717) is 5.75 Å². The highest BCUT2D eigenvalue weighted by molar-refractivity contribution is 7.89. The third kappa shape index (κ3) is 5.08. The normalized spacial score (nSPS) is 12.1. The van der Waals surface area contributed by atoms with Crippen molar-refractivity contribution < 1.29 is 31.8 Å². The Balaban J connectivity index is 2.08. The molecule has 2 N–H and O–H groups in total. The van der Waals surface area contributed by atoms with Crippen molar-refractivity contribution in [2.24, 2.45) is 0 Å². The minimum absolute atomic E-state index is 0.0632. The molecule has 2 rings (SSSR count). The van der Waals surface area contributed by atoms with Crippen LogP contribution in [0.3, 0.4) is 0 Å². The maximum Gasteiger partial charge on any atom is 0.275 e. The predicted molar refractivity (Wildman–Crippen MR) is 94.5 cm³/mol. The molecule has 27 heavy (non-hydrogen) atoms. The first kappa shape index (κ1) is 20.5. The standard InChI is InChI=1S/C17H19FN2O6S/c1-11(26-14-7-5-4-6-13(14)18)17(21)19-20-27(22,23)16-10-12(24-2)8-9-15(16)25-3/h4-11,20H,1-3H3,(H,19,21)/t11-/m1/s1. The van der Waals surface area contributed by atoms with Gasteiger partial charge in [0, 0.05) is 6.07 Å². The number of rotatable bonds is 8. The molecule has 1 atom stereocenters. The Bertz CT molecular complexity index is 919. The molecular weight excluding hydrogens is 379 g/mol. The van der Waals surface area contributed by atoms with Crippen LogP contribution >= 0.6 is 0 Å². The number of hydrogen-bond acceptors (Lipinski definition) is 6. The first-order valence-corrected chi connectivity index (χ1v) is 9.21. The van der Waals surface area contributed by atoms with Gasteiger partial charge in [0.05, 0.1) is 14.2 Å². The summed E-state index contributed by atoms with van der Waals surface area (Å²) in [5, 5.41) is 0. The summed E-state index contributed by atoms with van der Waals surface area (Å²) in [6, 6.07) is 9.73. The zero-order valence-corrected chi connectivity index (χ0v) is 15.7.